The summed E-state index contributed by atoms with van der Waals surface area (Å²) in [6, 6.07) is 15.5. The monoisotopic (exact) mass is 422 g/mol. The Morgan fingerprint density at radius 3 is 1.90 bits per heavy atom. The number of ether oxygens (including phenoxy) is 3. The van der Waals surface area contributed by atoms with Crippen molar-refractivity contribution in [3.8, 4) is 11.5 Å². The molecule has 2 aromatic rings. The highest BCUT2D eigenvalue weighted by atomic mass is 16.5. The molecule has 0 aromatic heterocycles. The molecule has 164 valence electrons. The number of hydrogen-bond acceptors (Lipinski definition) is 5. The smallest absolute Gasteiger partial charge is 0.317 e. The third-order valence-corrected chi connectivity index (χ3v) is 6.69. The van der Waals surface area contributed by atoms with E-state index in [2.05, 4.69) is 0 Å². The first-order chi connectivity index (χ1) is 15.1. The maximum Gasteiger partial charge on any atom is 0.317 e. The SMILES string of the molecule is COc1ccc([C@H]2[C@@H](C(=O)OC3CCCCC3)C(=O)C[C@H]2c2ccc(OC)cc2)cc1. The lowest BCUT2D eigenvalue weighted by atomic mass is 9.79. The number of Topliss-reactive ketones (excluding diaryl/α,β-unsaturated/α-hetero) is 1. The lowest BCUT2D eigenvalue weighted by Gasteiger charge is -2.27. The van der Waals surface area contributed by atoms with E-state index in [9.17, 15) is 9.59 Å². The van der Waals surface area contributed by atoms with Crippen molar-refractivity contribution >= 4 is 11.8 Å². The van der Waals surface area contributed by atoms with Crippen LogP contribution >= 0.6 is 0 Å². The van der Waals surface area contributed by atoms with Gasteiger partial charge in [-0.15, -0.1) is 0 Å². The second-order valence-electron chi connectivity index (χ2n) is 8.52. The zero-order valence-electron chi connectivity index (χ0n) is 18.2. The molecule has 5 heteroatoms. The van der Waals surface area contributed by atoms with Crippen LogP contribution in [0, 0.1) is 5.92 Å². The molecule has 0 saturated heterocycles. The summed E-state index contributed by atoms with van der Waals surface area (Å²) in [6.45, 7) is 0. The quantitative estimate of drug-likeness (QED) is 0.482. The van der Waals surface area contributed by atoms with Gasteiger partial charge in [-0.05, 0) is 67.0 Å². The Kier molecular flexibility index (Phi) is 6.59. The van der Waals surface area contributed by atoms with Crippen LogP contribution < -0.4 is 9.47 Å². The zero-order chi connectivity index (χ0) is 21.8. The molecule has 0 spiro atoms. The number of hydrogen-bond donors (Lipinski definition) is 0. The number of methoxy groups -OCH3 is 2. The van der Waals surface area contributed by atoms with Crippen molar-refractivity contribution in [2.75, 3.05) is 14.2 Å². The first-order valence-corrected chi connectivity index (χ1v) is 11.1. The normalized spacial score (nSPS) is 24.1. The summed E-state index contributed by atoms with van der Waals surface area (Å²) in [7, 11) is 3.25. The molecule has 0 amide bonds. The summed E-state index contributed by atoms with van der Waals surface area (Å²) in [5.41, 5.74) is 1.99. The number of ketones is 1. The van der Waals surface area contributed by atoms with Crippen LogP contribution in [-0.4, -0.2) is 32.1 Å². The molecule has 3 atom stereocenters. The van der Waals surface area contributed by atoms with Crippen molar-refractivity contribution in [3.63, 3.8) is 0 Å². The maximum absolute atomic E-state index is 13.2. The number of benzene rings is 2. The molecular weight excluding hydrogens is 392 g/mol. The van der Waals surface area contributed by atoms with Crippen LogP contribution in [0.5, 0.6) is 11.5 Å². The van der Waals surface area contributed by atoms with Crippen LogP contribution in [0.15, 0.2) is 48.5 Å². The molecule has 0 radical (unpaired) electrons. The molecule has 4 rings (SSSR count). The fourth-order valence-corrected chi connectivity index (χ4v) is 5.03. The fraction of sp³-hybridized carbons (Fsp3) is 0.462. The predicted molar refractivity (Wildman–Crippen MR) is 118 cm³/mol. The Morgan fingerprint density at radius 1 is 0.806 bits per heavy atom. The largest absolute Gasteiger partial charge is 0.497 e. The lowest BCUT2D eigenvalue weighted by molar-refractivity contribution is -0.157. The van der Waals surface area contributed by atoms with Crippen molar-refractivity contribution in [2.45, 2.75) is 56.5 Å². The summed E-state index contributed by atoms with van der Waals surface area (Å²) in [5.74, 6) is -0.0186. The number of esters is 1. The van der Waals surface area contributed by atoms with E-state index in [-0.39, 0.29) is 29.7 Å². The molecule has 0 N–H and O–H groups in total. The molecule has 2 saturated carbocycles. The standard InChI is InChI=1S/C26H30O5/c1-29-19-12-8-17(9-13-19)22-16-23(27)25(26(28)31-21-6-4-3-5-7-21)24(22)18-10-14-20(30-2)15-11-18/h8-15,21-22,24-25H,3-7,16H2,1-2H3/t22-,24+,25-/m0/s1. The average molecular weight is 423 g/mol. The molecular formula is C26H30O5. The second-order valence-corrected chi connectivity index (χ2v) is 8.52. The van der Waals surface area contributed by atoms with Crippen LogP contribution in [0.2, 0.25) is 0 Å². The minimum Gasteiger partial charge on any atom is -0.497 e. The van der Waals surface area contributed by atoms with E-state index in [0.29, 0.717) is 6.42 Å². The van der Waals surface area contributed by atoms with Gasteiger partial charge in [0, 0.05) is 12.3 Å². The third kappa shape index (κ3) is 4.60. The molecule has 0 heterocycles. The second kappa shape index (κ2) is 9.54. The van der Waals surface area contributed by atoms with Gasteiger partial charge in [-0.2, -0.15) is 0 Å². The van der Waals surface area contributed by atoms with Gasteiger partial charge in [0.1, 0.15) is 29.3 Å². The van der Waals surface area contributed by atoms with Gasteiger partial charge in [0.25, 0.3) is 0 Å². The lowest BCUT2D eigenvalue weighted by Crippen LogP contribution is -2.31. The first kappa shape index (κ1) is 21.4. The van der Waals surface area contributed by atoms with E-state index in [1.807, 2.05) is 48.5 Å². The van der Waals surface area contributed by atoms with Crippen molar-refractivity contribution in [1.29, 1.82) is 0 Å². The summed E-state index contributed by atoms with van der Waals surface area (Å²) >= 11 is 0. The average Bonchev–Trinajstić information content (AvgIpc) is 3.17. The summed E-state index contributed by atoms with van der Waals surface area (Å²) in [4.78, 5) is 26.3. The van der Waals surface area contributed by atoms with Crippen molar-refractivity contribution in [2.24, 2.45) is 5.92 Å². The Labute approximate surface area is 183 Å². The van der Waals surface area contributed by atoms with Crippen molar-refractivity contribution in [1.82, 2.24) is 0 Å². The predicted octanol–water partition coefficient (Wildman–Crippen LogP) is 5.04. The van der Waals surface area contributed by atoms with Crippen LogP contribution in [0.25, 0.3) is 0 Å². The first-order valence-electron chi connectivity index (χ1n) is 11.1. The van der Waals surface area contributed by atoms with Gasteiger partial charge in [0.15, 0.2) is 0 Å². The van der Waals surface area contributed by atoms with Crippen molar-refractivity contribution in [3.05, 3.63) is 59.7 Å². The zero-order valence-corrected chi connectivity index (χ0v) is 18.2. The number of rotatable bonds is 6. The van der Waals surface area contributed by atoms with E-state index in [0.717, 1.165) is 48.3 Å². The molecule has 2 aliphatic carbocycles. The minimum atomic E-state index is -0.776. The fourth-order valence-electron chi connectivity index (χ4n) is 5.03. The minimum absolute atomic E-state index is 0.0394. The molecule has 31 heavy (non-hydrogen) atoms. The van der Waals surface area contributed by atoms with E-state index in [1.165, 1.54) is 6.42 Å². The molecule has 0 aliphatic heterocycles. The van der Waals surface area contributed by atoms with Crippen LogP contribution in [0.1, 0.15) is 61.5 Å². The Balaban J connectivity index is 1.65. The van der Waals surface area contributed by atoms with Gasteiger partial charge in [-0.25, -0.2) is 0 Å². The van der Waals surface area contributed by atoms with Crippen LogP contribution in [0.4, 0.5) is 0 Å². The van der Waals surface area contributed by atoms with Gasteiger partial charge in [-0.1, -0.05) is 30.7 Å². The van der Waals surface area contributed by atoms with Crippen LogP contribution in [0.3, 0.4) is 0 Å². The summed E-state index contributed by atoms with van der Waals surface area (Å²) < 4.78 is 16.4. The maximum atomic E-state index is 13.2. The van der Waals surface area contributed by atoms with E-state index < -0.39 is 5.92 Å². The van der Waals surface area contributed by atoms with Gasteiger partial charge in [0.05, 0.1) is 14.2 Å². The molecule has 0 unspecified atom stereocenters. The van der Waals surface area contributed by atoms with Gasteiger partial charge in [-0.3, -0.25) is 9.59 Å². The van der Waals surface area contributed by atoms with Gasteiger partial charge < -0.3 is 14.2 Å². The highest BCUT2D eigenvalue weighted by Crippen LogP contribution is 2.49. The summed E-state index contributed by atoms with van der Waals surface area (Å²) in [6.07, 6.45) is 5.38. The molecule has 2 fully saturated rings. The van der Waals surface area contributed by atoms with E-state index >= 15 is 0 Å². The Morgan fingerprint density at radius 2 is 1.35 bits per heavy atom. The molecule has 0 bridgehead atoms. The van der Waals surface area contributed by atoms with E-state index in [4.69, 9.17) is 14.2 Å². The topological polar surface area (TPSA) is 61.8 Å². The van der Waals surface area contributed by atoms with Gasteiger partial charge >= 0.3 is 5.97 Å². The highest BCUT2D eigenvalue weighted by molar-refractivity contribution is 6.02. The third-order valence-electron chi connectivity index (χ3n) is 6.69. The number of carbonyl (C=O) groups excluding carboxylic acids is 2. The molecule has 2 aromatic carbocycles. The Hall–Kier alpha value is -2.82. The molecule has 2 aliphatic rings. The number of carbonyl (C=O) groups is 2. The Bertz CT molecular complexity index is 896. The molecule has 5 nitrogen and oxygen atoms in total. The van der Waals surface area contributed by atoms with Gasteiger partial charge in [0.2, 0.25) is 0 Å². The summed E-state index contributed by atoms with van der Waals surface area (Å²) in [5, 5.41) is 0. The van der Waals surface area contributed by atoms with Crippen molar-refractivity contribution < 1.29 is 23.8 Å². The van der Waals surface area contributed by atoms with Crippen LogP contribution in [-0.2, 0) is 14.3 Å². The van der Waals surface area contributed by atoms with E-state index in [1.54, 1.807) is 14.2 Å². The highest BCUT2D eigenvalue weighted by Gasteiger charge is 2.49.